The van der Waals surface area contributed by atoms with Crippen molar-refractivity contribution < 1.29 is 22.4 Å². The number of nitro groups is 2. The Morgan fingerprint density at radius 2 is 1.62 bits per heavy atom. The zero-order valence-electron chi connectivity index (χ0n) is 11.9. The van der Waals surface area contributed by atoms with E-state index in [0.29, 0.717) is 11.6 Å². The molecule has 0 amide bonds. The summed E-state index contributed by atoms with van der Waals surface area (Å²) in [4.78, 5) is 19.8. The summed E-state index contributed by atoms with van der Waals surface area (Å²) in [6.07, 6.45) is 1.26. The van der Waals surface area contributed by atoms with Gasteiger partial charge in [0.25, 0.3) is 5.69 Å². The maximum atomic E-state index is 11.9. The molecule has 0 aliphatic heterocycles. The SMILES string of the molecule is O=[N+]([O-])c1ccc(OS(=O)(=O)/C=C/c2ccccc2)c([N+](=O)[O-])c1. The van der Waals surface area contributed by atoms with E-state index in [2.05, 4.69) is 4.18 Å². The highest BCUT2D eigenvalue weighted by molar-refractivity contribution is 7.90. The highest BCUT2D eigenvalue weighted by Gasteiger charge is 2.23. The predicted molar refractivity (Wildman–Crippen MR) is 84.8 cm³/mol. The lowest BCUT2D eigenvalue weighted by molar-refractivity contribution is -0.394. The fourth-order valence-corrected chi connectivity index (χ4v) is 2.48. The van der Waals surface area contributed by atoms with Crippen molar-refractivity contribution in [2.24, 2.45) is 0 Å². The van der Waals surface area contributed by atoms with Crippen molar-refractivity contribution in [1.29, 1.82) is 0 Å². The van der Waals surface area contributed by atoms with Crippen LogP contribution in [0.25, 0.3) is 6.08 Å². The van der Waals surface area contributed by atoms with Gasteiger partial charge in [0.1, 0.15) is 0 Å². The molecule has 124 valence electrons. The molecule has 0 bridgehead atoms. The number of non-ortho nitro benzene ring substituents is 1. The Hall–Kier alpha value is -3.27. The Balaban J connectivity index is 2.31. The first-order valence-corrected chi connectivity index (χ1v) is 7.86. The molecule has 24 heavy (non-hydrogen) atoms. The average Bonchev–Trinajstić information content (AvgIpc) is 2.53. The van der Waals surface area contributed by atoms with Crippen LogP contribution in [0.4, 0.5) is 11.4 Å². The van der Waals surface area contributed by atoms with E-state index in [-0.39, 0.29) is 0 Å². The van der Waals surface area contributed by atoms with Gasteiger partial charge in [-0.1, -0.05) is 30.3 Å². The molecule has 0 N–H and O–H groups in total. The van der Waals surface area contributed by atoms with Gasteiger partial charge in [-0.15, -0.1) is 0 Å². The van der Waals surface area contributed by atoms with E-state index in [9.17, 15) is 28.6 Å². The van der Waals surface area contributed by atoms with Gasteiger partial charge in [-0.25, -0.2) is 0 Å². The third-order valence-corrected chi connectivity index (χ3v) is 3.66. The number of rotatable bonds is 6. The molecule has 0 spiro atoms. The minimum Gasteiger partial charge on any atom is -0.372 e. The van der Waals surface area contributed by atoms with Crippen LogP contribution in [0, 0.1) is 20.2 Å². The van der Waals surface area contributed by atoms with Gasteiger partial charge in [-0.2, -0.15) is 8.42 Å². The van der Waals surface area contributed by atoms with Crippen molar-refractivity contribution in [1.82, 2.24) is 0 Å². The third kappa shape index (κ3) is 4.36. The van der Waals surface area contributed by atoms with Crippen molar-refractivity contribution in [3.05, 3.63) is 79.7 Å². The van der Waals surface area contributed by atoms with Gasteiger partial charge < -0.3 is 4.18 Å². The molecule has 0 aromatic heterocycles. The second-order valence-electron chi connectivity index (χ2n) is 4.46. The summed E-state index contributed by atoms with van der Waals surface area (Å²) in [7, 11) is -4.28. The second-order valence-corrected chi connectivity index (χ2v) is 5.88. The molecule has 10 heteroatoms. The third-order valence-electron chi connectivity index (χ3n) is 2.78. The largest absolute Gasteiger partial charge is 0.372 e. The van der Waals surface area contributed by atoms with Crippen LogP contribution in [0.5, 0.6) is 5.75 Å². The summed E-state index contributed by atoms with van der Waals surface area (Å²) in [6.45, 7) is 0. The number of hydrogen-bond donors (Lipinski definition) is 0. The zero-order chi connectivity index (χ0) is 17.7. The molecule has 0 atom stereocenters. The molecule has 2 aromatic rings. The standard InChI is InChI=1S/C14H10N2O7S/c17-15(18)12-6-7-14(13(10-12)16(19)20)23-24(21,22)9-8-11-4-2-1-3-5-11/h1-10H/b9-8+. The number of nitro benzene ring substituents is 2. The summed E-state index contributed by atoms with van der Waals surface area (Å²) in [6, 6.07) is 10.9. The smallest absolute Gasteiger partial charge is 0.332 e. The fraction of sp³-hybridized carbons (Fsp3) is 0. The molecule has 0 heterocycles. The van der Waals surface area contributed by atoms with E-state index in [1.807, 2.05) is 0 Å². The van der Waals surface area contributed by atoms with Crippen LogP contribution in [0.3, 0.4) is 0 Å². The Kier molecular flexibility index (Phi) is 4.90. The highest BCUT2D eigenvalue weighted by atomic mass is 32.2. The first-order valence-electron chi connectivity index (χ1n) is 6.39. The molecule has 0 saturated carbocycles. The Bertz CT molecular complexity index is 908. The predicted octanol–water partition coefficient (Wildman–Crippen LogP) is 2.88. The van der Waals surface area contributed by atoms with Crippen LogP contribution < -0.4 is 4.18 Å². The summed E-state index contributed by atoms with van der Waals surface area (Å²) >= 11 is 0. The van der Waals surface area contributed by atoms with Gasteiger partial charge in [0, 0.05) is 6.07 Å². The van der Waals surface area contributed by atoms with Crippen LogP contribution in [0.15, 0.2) is 53.9 Å². The van der Waals surface area contributed by atoms with Gasteiger partial charge >= 0.3 is 15.8 Å². The second kappa shape index (κ2) is 6.87. The average molecular weight is 350 g/mol. The van der Waals surface area contributed by atoms with E-state index in [1.165, 1.54) is 6.08 Å². The van der Waals surface area contributed by atoms with Gasteiger partial charge in [0.15, 0.2) is 0 Å². The van der Waals surface area contributed by atoms with E-state index in [1.54, 1.807) is 30.3 Å². The molecular formula is C14H10N2O7S. The first-order chi connectivity index (χ1) is 11.3. The lowest BCUT2D eigenvalue weighted by atomic mass is 10.2. The number of benzene rings is 2. The maximum absolute atomic E-state index is 11.9. The maximum Gasteiger partial charge on any atom is 0.332 e. The van der Waals surface area contributed by atoms with E-state index in [4.69, 9.17) is 0 Å². The molecule has 0 aliphatic carbocycles. The van der Waals surface area contributed by atoms with Crippen LogP contribution >= 0.6 is 0 Å². The lowest BCUT2D eigenvalue weighted by Crippen LogP contribution is -2.07. The summed E-state index contributed by atoms with van der Waals surface area (Å²) in [5, 5.41) is 22.3. The lowest BCUT2D eigenvalue weighted by Gasteiger charge is -2.04. The van der Waals surface area contributed by atoms with Crippen molar-refractivity contribution >= 4 is 27.6 Å². The Labute approximate surface area is 136 Å². The number of nitrogens with zero attached hydrogens (tertiary/aromatic N) is 2. The molecule has 0 unspecified atom stereocenters. The van der Waals surface area contributed by atoms with Crippen LogP contribution in [-0.4, -0.2) is 18.3 Å². The molecule has 9 nitrogen and oxygen atoms in total. The van der Waals surface area contributed by atoms with E-state index < -0.39 is 37.1 Å². The van der Waals surface area contributed by atoms with Crippen molar-refractivity contribution in [3.63, 3.8) is 0 Å². The van der Waals surface area contributed by atoms with Gasteiger partial charge in [-0.3, -0.25) is 20.2 Å². The quantitative estimate of drug-likeness (QED) is 0.445. The minimum atomic E-state index is -4.28. The Morgan fingerprint density at radius 1 is 0.958 bits per heavy atom. The van der Waals surface area contributed by atoms with Crippen LogP contribution in [0.2, 0.25) is 0 Å². The van der Waals surface area contributed by atoms with Gasteiger partial charge in [0.2, 0.25) is 5.75 Å². The summed E-state index contributed by atoms with van der Waals surface area (Å²) < 4.78 is 28.5. The summed E-state index contributed by atoms with van der Waals surface area (Å²) in [5.41, 5.74) is -0.782. The van der Waals surface area contributed by atoms with Gasteiger partial charge in [0.05, 0.1) is 21.3 Å². The van der Waals surface area contributed by atoms with Crippen LogP contribution in [0.1, 0.15) is 5.56 Å². The molecule has 0 radical (unpaired) electrons. The Morgan fingerprint density at radius 3 is 2.21 bits per heavy atom. The molecule has 0 saturated heterocycles. The molecular weight excluding hydrogens is 340 g/mol. The van der Waals surface area contributed by atoms with E-state index in [0.717, 1.165) is 17.5 Å². The van der Waals surface area contributed by atoms with Crippen molar-refractivity contribution in [2.75, 3.05) is 0 Å². The minimum absolute atomic E-state index is 0.550. The monoisotopic (exact) mass is 350 g/mol. The normalized spacial score (nSPS) is 11.3. The number of hydrogen-bond acceptors (Lipinski definition) is 7. The fourth-order valence-electron chi connectivity index (χ4n) is 1.71. The molecule has 0 aliphatic rings. The van der Waals surface area contributed by atoms with Crippen molar-refractivity contribution in [3.8, 4) is 5.75 Å². The summed E-state index contributed by atoms with van der Waals surface area (Å²) in [5.74, 6) is -0.608. The zero-order valence-corrected chi connectivity index (χ0v) is 12.8. The molecule has 0 fully saturated rings. The topological polar surface area (TPSA) is 130 Å². The first kappa shape index (κ1) is 17.1. The highest BCUT2D eigenvalue weighted by Crippen LogP contribution is 2.32. The van der Waals surface area contributed by atoms with Gasteiger partial charge in [-0.05, 0) is 17.7 Å². The molecule has 2 rings (SSSR count). The molecule has 2 aromatic carbocycles. The van der Waals surface area contributed by atoms with Crippen molar-refractivity contribution in [2.45, 2.75) is 0 Å². The van der Waals surface area contributed by atoms with E-state index >= 15 is 0 Å². The van der Waals surface area contributed by atoms with Crippen LogP contribution in [-0.2, 0) is 10.1 Å².